The molecule has 8 heteroatoms. The zero-order valence-corrected chi connectivity index (χ0v) is 14.6. The second-order valence-corrected chi connectivity index (χ2v) is 6.84. The van der Waals surface area contributed by atoms with Gasteiger partial charge >= 0.3 is 11.9 Å². The van der Waals surface area contributed by atoms with Gasteiger partial charge in [-0.2, -0.15) is 8.78 Å². The highest BCUT2D eigenvalue weighted by Gasteiger charge is 2.46. The van der Waals surface area contributed by atoms with Gasteiger partial charge in [0.15, 0.2) is 17.7 Å². The third kappa shape index (κ3) is 5.37. The second kappa shape index (κ2) is 7.33. The number of halogens is 3. The lowest BCUT2D eigenvalue weighted by atomic mass is 10.0. The molecule has 0 heterocycles. The first-order valence-corrected chi connectivity index (χ1v) is 7.54. The maximum absolute atomic E-state index is 13.8. The van der Waals surface area contributed by atoms with E-state index in [1.807, 2.05) is 0 Å². The van der Waals surface area contributed by atoms with Crippen LogP contribution in [0.5, 0.6) is 5.75 Å². The van der Waals surface area contributed by atoms with Crippen molar-refractivity contribution in [2.24, 2.45) is 5.92 Å². The largest absolute Gasteiger partial charge is 0.544 e. The van der Waals surface area contributed by atoms with Crippen molar-refractivity contribution in [3.05, 3.63) is 29.6 Å². The Morgan fingerprint density at radius 3 is 2.16 bits per heavy atom. The molecule has 1 atom stereocenters. The molecule has 1 rings (SSSR count). The van der Waals surface area contributed by atoms with Gasteiger partial charge in [-0.15, -0.1) is 0 Å². The van der Waals surface area contributed by atoms with E-state index in [1.54, 1.807) is 20.8 Å². The number of carbonyl (C=O) groups excluding carboxylic acids is 2. The number of hydrogen-bond donors (Lipinski definition) is 0. The molecule has 140 valence electrons. The molecule has 0 aromatic heterocycles. The number of rotatable bonds is 6. The summed E-state index contributed by atoms with van der Waals surface area (Å²) in [5.41, 5.74) is -1.01. The fourth-order valence-corrected chi connectivity index (χ4v) is 1.97. The summed E-state index contributed by atoms with van der Waals surface area (Å²) in [7, 11) is 0. The molecular weight excluding hydrogens is 341 g/mol. The molecule has 1 aromatic rings. The molecule has 0 aliphatic carbocycles. The molecule has 0 bridgehead atoms. The summed E-state index contributed by atoms with van der Waals surface area (Å²) in [6.07, 6.45) is -2.23. The zero-order valence-electron chi connectivity index (χ0n) is 14.6. The molecule has 0 saturated heterocycles. The Labute approximate surface area is 143 Å². The third-order valence-electron chi connectivity index (χ3n) is 3.05. The van der Waals surface area contributed by atoms with E-state index < -0.39 is 41.3 Å². The molecule has 0 fully saturated rings. The van der Waals surface area contributed by atoms with Crippen LogP contribution in [0.25, 0.3) is 0 Å². The predicted octanol–water partition coefficient (Wildman–Crippen LogP) is 2.57. The first-order valence-electron chi connectivity index (χ1n) is 7.54. The minimum atomic E-state index is -4.37. The van der Waals surface area contributed by atoms with E-state index in [4.69, 9.17) is 4.74 Å². The van der Waals surface area contributed by atoms with E-state index in [2.05, 4.69) is 4.74 Å². The Balaban J connectivity index is 3.10. The molecule has 0 N–H and O–H groups in total. The van der Waals surface area contributed by atoms with Crippen LogP contribution < -0.4 is 9.84 Å². The molecule has 0 spiro atoms. The lowest BCUT2D eigenvalue weighted by Gasteiger charge is -2.30. The van der Waals surface area contributed by atoms with Gasteiger partial charge in [0.05, 0.1) is 5.56 Å². The highest BCUT2D eigenvalue weighted by Crippen LogP contribution is 2.29. The average molecular weight is 361 g/mol. The molecule has 5 nitrogen and oxygen atoms in total. The van der Waals surface area contributed by atoms with Crippen molar-refractivity contribution in [1.82, 2.24) is 0 Å². The number of carboxylic acids is 1. The highest BCUT2D eigenvalue weighted by molar-refractivity contribution is 5.90. The summed E-state index contributed by atoms with van der Waals surface area (Å²) in [5.74, 6) is -10.2. The summed E-state index contributed by atoms with van der Waals surface area (Å²) < 4.78 is 51.1. The van der Waals surface area contributed by atoms with Gasteiger partial charge in [-0.3, -0.25) is 0 Å². The zero-order chi connectivity index (χ0) is 19.6. The quantitative estimate of drug-likeness (QED) is 0.728. The van der Waals surface area contributed by atoms with Gasteiger partial charge in [0.1, 0.15) is 11.6 Å². The topological polar surface area (TPSA) is 75.7 Å². The van der Waals surface area contributed by atoms with Crippen molar-refractivity contribution in [2.45, 2.75) is 52.2 Å². The third-order valence-corrected chi connectivity index (χ3v) is 3.05. The number of hydrogen-bond acceptors (Lipinski definition) is 5. The van der Waals surface area contributed by atoms with E-state index in [0.717, 1.165) is 18.2 Å². The van der Waals surface area contributed by atoms with Gasteiger partial charge in [0.25, 0.3) is 0 Å². The van der Waals surface area contributed by atoms with Gasteiger partial charge in [0.2, 0.25) is 0 Å². The van der Waals surface area contributed by atoms with Gasteiger partial charge < -0.3 is 19.4 Å². The second-order valence-electron chi connectivity index (χ2n) is 6.84. The van der Waals surface area contributed by atoms with E-state index >= 15 is 0 Å². The van der Waals surface area contributed by atoms with Gasteiger partial charge in [0, 0.05) is 0 Å². The summed E-state index contributed by atoms with van der Waals surface area (Å²) in [6.45, 7) is 7.52. The normalized spacial score (nSPS) is 13.5. The van der Waals surface area contributed by atoms with E-state index in [-0.39, 0.29) is 11.3 Å². The summed E-state index contributed by atoms with van der Waals surface area (Å²) >= 11 is 0. The van der Waals surface area contributed by atoms with E-state index in [0.29, 0.717) is 0 Å². The van der Waals surface area contributed by atoms with Crippen LogP contribution in [-0.2, 0) is 9.53 Å². The number of aliphatic carboxylic acids is 1. The standard InChI is InChI=1S/C17H21F3O5/c1-9(2)13(17(19,20)15(22)23)24-14(21)10-6-7-11(18)12(8-10)25-16(3,4)5/h6-9,13H,1-5H3,(H,22,23)/p-1. The SMILES string of the molecule is CC(C)C(OC(=O)c1ccc(F)c(OC(C)(C)C)c1)C(F)(F)C(=O)[O-]. The van der Waals surface area contributed by atoms with Crippen LogP contribution in [0, 0.1) is 11.7 Å². The number of esters is 1. The minimum Gasteiger partial charge on any atom is -0.544 e. The van der Waals surface area contributed by atoms with Crippen LogP contribution >= 0.6 is 0 Å². The monoisotopic (exact) mass is 361 g/mol. The maximum atomic E-state index is 13.8. The number of benzene rings is 1. The molecule has 0 radical (unpaired) electrons. The van der Waals surface area contributed by atoms with Crippen molar-refractivity contribution in [1.29, 1.82) is 0 Å². The van der Waals surface area contributed by atoms with Crippen molar-refractivity contribution in [2.75, 3.05) is 0 Å². The van der Waals surface area contributed by atoms with Crippen molar-refractivity contribution in [3.63, 3.8) is 0 Å². The van der Waals surface area contributed by atoms with Gasteiger partial charge in [-0.25, -0.2) is 9.18 Å². The molecule has 0 aliphatic rings. The molecule has 25 heavy (non-hydrogen) atoms. The van der Waals surface area contributed by atoms with Crippen molar-refractivity contribution in [3.8, 4) is 5.75 Å². The Kier molecular flexibility index (Phi) is 6.09. The fourth-order valence-electron chi connectivity index (χ4n) is 1.97. The average Bonchev–Trinajstić information content (AvgIpc) is 2.44. The predicted molar refractivity (Wildman–Crippen MR) is 80.8 cm³/mol. The van der Waals surface area contributed by atoms with E-state index in [9.17, 15) is 27.9 Å². The Morgan fingerprint density at radius 1 is 1.16 bits per heavy atom. The Bertz CT molecular complexity index is 650. The first-order chi connectivity index (χ1) is 11.3. The smallest absolute Gasteiger partial charge is 0.338 e. The van der Waals surface area contributed by atoms with Crippen LogP contribution in [0.4, 0.5) is 13.2 Å². The molecule has 0 saturated carbocycles. The minimum absolute atomic E-state index is 0.250. The molecule has 1 aromatic carbocycles. The van der Waals surface area contributed by atoms with E-state index in [1.165, 1.54) is 13.8 Å². The summed E-state index contributed by atoms with van der Waals surface area (Å²) in [5, 5.41) is 10.6. The van der Waals surface area contributed by atoms with Gasteiger partial charge in [-0.1, -0.05) is 13.8 Å². The number of carboxylic acid groups (broad SMARTS) is 1. The summed E-state index contributed by atoms with van der Waals surface area (Å²) in [6, 6.07) is 2.97. The van der Waals surface area contributed by atoms with Crippen LogP contribution in [0.3, 0.4) is 0 Å². The van der Waals surface area contributed by atoms with Crippen LogP contribution in [0.1, 0.15) is 45.0 Å². The first kappa shape index (κ1) is 20.8. The molecule has 1 unspecified atom stereocenters. The number of ether oxygens (including phenoxy) is 2. The van der Waals surface area contributed by atoms with Gasteiger partial charge in [-0.05, 0) is 44.9 Å². The van der Waals surface area contributed by atoms with Crippen LogP contribution in [-0.4, -0.2) is 29.6 Å². The van der Waals surface area contributed by atoms with Crippen molar-refractivity contribution < 1.29 is 37.3 Å². The Morgan fingerprint density at radius 2 is 1.72 bits per heavy atom. The number of carbonyl (C=O) groups is 2. The highest BCUT2D eigenvalue weighted by atomic mass is 19.3. The van der Waals surface area contributed by atoms with Crippen LogP contribution in [0.15, 0.2) is 18.2 Å². The maximum Gasteiger partial charge on any atom is 0.338 e. The lowest BCUT2D eigenvalue weighted by molar-refractivity contribution is -0.337. The number of alkyl halides is 2. The summed E-state index contributed by atoms with van der Waals surface area (Å²) in [4.78, 5) is 22.7. The molecule has 0 aliphatic heterocycles. The Hall–Kier alpha value is -2.25. The molecular formula is C17H20F3O5-. The fraction of sp³-hybridized carbons (Fsp3) is 0.529. The van der Waals surface area contributed by atoms with Crippen LogP contribution in [0.2, 0.25) is 0 Å². The lowest BCUT2D eigenvalue weighted by Crippen LogP contribution is -2.53. The molecule has 0 amide bonds. The van der Waals surface area contributed by atoms with Crippen molar-refractivity contribution >= 4 is 11.9 Å².